The highest BCUT2D eigenvalue weighted by atomic mass is 32.2. The second-order valence-corrected chi connectivity index (χ2v) is 7.95. The van der Waals surface area contributed by atoms with Gasteiger partial charge in [0.25, 0.3) is 5.91 Å². The minimum Gasteiger partial charge on any atom is -0.332 e. The summed E-state index contributed by atoms with van der Waals surface area (Å²) in [4.78, 5) is 14.0. The lowest BCUT2D eigenvalue weighted by molar-refractivity contribution is 0.0501. The Labute approximate surface area is 144 Å². The van der Waals surface area contributed by atoms with Crippen LogP contribution >= 0.6 is 0 Å². The molecular formula is C15H18FN5O3S. The van der Waals surface area contributed by atoms with Gasteiger partial charge in [0.15, 0.2) is 0 Å². The van der Waals surface area contributed by atoms with Crippen molar-refractivity contribution in [2.75, 3.05) is 13.1 Å². The second-order valence-electron chi connectivity index (χ2n) is 6.06. The number of piperazine rings is 1. The summed E-state index contributed by atoms with van der Waals surface area (Å²) in [6.07, 6.45) is 1.33. The molecule has 0 spiro atoms. The monoisotopic (exact) mass is 367 g/mol. The third-order valence-corrected chi connectivity index (χ3v) is 6.21. The first-order chi connectivity index (χ1) is 11.8. The molecule has 10 heteroatoms. The maximum atomic E-state index is 13.4. The number of carbonyl (C=O) groups excluding carboxylic acids is 1. The van der Waals surface area contributed by atoms with Gasteiger partial charge in [-0.25, -0.2) is 12.8 Å². The van der Waals surface area contributed by atoms with E-state index in [1.807, 2.05) is 0 Å². The predicted molar refractivity (Wildman–Crippen MR) is 86.6 cm³/mol. The van der Waals surface area contributed by atoms with Crippen molar-refractivity contribution in [3.05, 3.63) is 42.0 Å². The Morgan fingerprint density at radius 2 is 2.04 bits per heavy atom. The summed E-state index contributed by atoms with van der Waals surface area (Å²) in [5, 5.41) is 9.63. The van der Waals surface area contributed by atoms with Gasteiger partial charge in [0.1, 0.15) is 11.5 Å². The van der Waals surface area contributed by atoms with E-state index in [1.165, 1.54) is 28.7 Å². The van der Waals surface area contributed by atoms with E-state index < -0.39 is 21.9 Å². The highest BCUT2D eigenvalue weighted by molar-refractivity contribution is 7.89. The number of benzene rings is 1. The molecule has 3 rings (SSSR count). The van der Waals surface area contributed by atoms with Crippen LogP contribution in [0.5, 0.6) is 0 Å². The van der Waals surface area contributed by atoms with Gasteiger partial charge >= 0.3 is 0 Å². The van der Waals surface area contributed by atoms with Gasteiger partial charge in [0.05, 0.1) is 11.1 Å². The Balaban J connectivity index is 1.84. The van der Waals surface area contributed by atoms with E-state index in [0.29, 0.717) is 0 Å². The molecule has 2 heterocycles. The van der Waals surface area contributed by atoms with E-state index in [0.717, 1.165) is 6.07 Å². The smallest absolute Gasteiger partial charge is 0.273 e. The number of hydrogen-bond acceptors (Lipinski definition) is 5. The van der Waals surface area contributed by atoms with E-state index in [4.69, 9.17) is 0 Å². The van der Waals surface area contributed by atoms with Crippen LogP contribution in [0.4, 0.5) is 4.39 Å². The van der Waals surface area contributed by atoms with Crippen LogP contribution in [0.15, 0.2) is 35.4 Å². The molecule has 1 aliphatic rings. The fraction of sp³-hybridized carbons (Fsp3) is 0.400. The van der Waals surface area contributed by atoms with Crippen molar-refractivity contribution in [2.45, 2.75) is 30.8 Å². The summed E-state index contributed by atoms with van der Waals surface area (Å²) >= 11 is 0. The summed E-state index contributed by atoms with van der Waals surface area (Å²) < 4.78 is 40.4. The molecule has 0 unspecified atom stereocenters. The summed E-state index contributed by atoms with van der Waals surface area (Å²) in [6, 6.07) is 4.12. The lowest BCUT2D eigenvalue weighted by atomic mass is 10.1. The number of aromatic amines is 1. The van der Waals surface area contributed by atoms with Crippen LogP contribution in [-0.2, 0) is 10.0 Å². The third kappa shape index (κ3) is 3.27. The minimum atomic E-state index is -3.85. The molecule has 0 bridgehead atoms. The van der Waals surface area contributed by atoms with Crippen LogP contribution in [-0.4, -0.2) is 64.1 Å². The molecule has 1 saturated heterocycles. The van der Waals surface area contributed by atoms with Crippen LogP contribution < -0.4 is 0 Å². The summed E-state index contributed by atoms with van der Waals surface area (Å²) in [7, 11) is -3.85. The quantitative estimate of drug-likeness (QED) is 0.868. The maximum Gasteiger partial charge on any atom is 0.273 e. The molecule has 1 aliphatic heterocycles. The number of halogens is 1. The molecule has 2 atom stereocenters. The van der Waals surface area contributed by atoms with Gasteiger partial charge < -0.3 is 4.90 Å². The van der Waals surface area contributed by atoms with Crippen molar-refractivity contribution in [1.82, 2.24) is 24.6 Å². The normalized spacial score (nSPS) is 22.1. The number of hydrogen-bond donors (Lipinski definition) is 1. The van der Waals surface area contributed by atoms with Crippen LogP contribution in [0.25, 0.3) is 0 Å². The Bertz CT molecular complexity index is 871. The SMILES string of the molecule is C[C@@H]1CN(C(=O)c2cnn[nH]2)[C@@H](C)CN1S(=O)(=O)c1cccc(F)c1. The molecule has 1 fully saturated rings. The van der Waals surface area contributed by atoms with Gasteiger partial charge in [-0.3, -0.25) is 9.89 Å². The molecule has 0 radical (unpaired) electrons. The molecule has 1 aromatic carbocycles. The van der Waals surface area contributed by atoms with Crippen molar-refractivity contribution in [3.8, 4) is 0 Å². The van der Waals surface area contributed by atoms with Crippen molar-refractivity contribution in [3.63, 3.8) is 0 Å². The zero-order valence-electron chi connectivity index (χ0n) is 13.8. The molecule has 1 N–H and O–H groups in total. The van der Waals surface area contributed by atoms with Gasteiger partial charge in [-0.15, -0.1) is 5.10 Å². The van der Waals surface area contributed by atoms with Gasteiger partial charge in [-0.05, 0) is 32.0 Å². The Morgan fingerprint density at radius 1 is 1.28 bits per heavy atom. The summed E-state index contributed by atoms with van der Waals surface area (Å²) in [6.45, 7) is 3.82. The van der Waals surface area contributed by atoms with Crippen molar-refractivity contribution >= 4 is 15.9 Å². The summed E-state index contributed by atoms with van der Waals surface area (Å²) in [5.74, 6) is -0.894. The van der Waals surface area contributed by atoms with Crippen LogP contribution in [0, 0.1) is 5.82 Å². The van der Waals surface area contributed by atoms with E-state index in [-0.39, 0.29) is 35.6 Å². The van der Waals surface area contributed by atoms with Gasteiger partial charge in [-0.1, -0.05) is 11.3 Å². The number of aromatic nitrogens is 3. The van der Waals surface area contributed by atoms with Gasteiger partial charge in [0.2, 0.25) is 10.0 Å². The van der Waals surface area contributed by atoms with Crippen molar-refractivity contribution in [2.24, 2.45) is 0 Å². The summed E-state index contributed by atoms with van der Waals surface area (Å²) in [5.41, 5.74) is 0.250. The topological polar surface area (TPSA) is 99.3 Å². The molecule has 2 aromatic rings. The number of rotatable bonds is 3. The number of carbonyl (C=O) groups is 1. The third-order valence-electron chi connectivity index (χ3n) is 4.24. The molecule has 25 heavy (non-hydrogen) atoms. The van der Waals surface area contributed by atoms with Crippen molar-refractivity contribution < 1.29 is 17.6 Å². The molecule has 1 amide bonds. The highest BCUT2D eigenvalue weighted by Gasteiger charge is 2.39. The first kappa shape index (κ1) is 17.5. The molecule has 0 saturated carbocycles. The van der Waals surface area contributed by atoms with Gasteiger partial charge in [0, 0.05) is 25.2 Å². The molecular weight excluding hydrogens is 349 g/mol. The van der Waals surface area contributed by atoms with E-state index in [1.54, 1.807) is 18.7 Å². The zero-order chi connectivity index (χ0) is 18.2. The van der Waals surface area contributed by atoms with Gasteiger partial charge in [-0.2, -0.15) is 4.31 Å². The fourth-order valence-corrected chi connectivity index (χ4v) is 4.67. The number of sulfonamides is 1. The average Bonchev–Trinajstić information content (AvgIpc) is 3.10. The number of H-pyrrole nitrogens is 1. The average molecular weight is 367 g/mol. The molecule has 1 aromatic heterocycles. The fourth-order valence-electron chi connectivity index (χ4n) is 2.93. The number of nitrogens with zero attached hydrogens (tertiary/aromatic N) is 4. The Morgan fingerprint density at radius 3 is 2.68 bits per heavy atom. The molecule has 8 nitrogen and oxygen atoms in total. The number of nitrogens with one attached hydrogen (secondary N) is 1. The Hall–Kier alpha value is -2.33. The lowest BCUT2D eigenvalue weighted by Crippen LogP contribution is -2.59. The maximum absolute atomic E-state index is 13.4. The first-order valence-corrected chi connectivity index (χ1v) is 9.19. The highest BCUT2D eigenvalue weighted by Crippen LogP contribution is 2.25. The standard InChI is InChI=1S/C15H18FN5O3S/c1-10-9-21(25(23,24)13-5-3-4-12(16)6-13)11(2)8-20(10)15(22)14-7-17-19-18-14/h3-7,10-11H,8-9H2,1-2H3,(H,17,18,19)/t10-,11+/m0/s1. The Kier molecular flexibility index (Phi) is 4.56. The lowest BCUT2D eigenvalue weighted by Gasteiger charge is -2.43. The number of amides is 1. The van der Waals surface area contributed by atoms with Crippen molar-refractivity contribution in [1.29, 1.82) is 0 Å². The largest absolute Gasteiger partial charge is 0.332 e. The second kappa shape index (κ2) is 6.52. The minimum absolute atomic E-state index is 0.0934. The van der Waals surface area contributed by atoms with E-state index in [9.17, 15) is 17.6 Å². The molecule has 134 valence electrons. The van der Waals surface area contributed by atoms with E-state index >= 15 is 0 Å². The first-order valence-electron chi connectivity index (χ1n) is 7.75. The van der Waals surface area contributed by atoms with Crippen LogP contribution in [0.1, 0.15) is 24.3 Å². The van der Waals surface area contributed by atoms with E-state index in [2.05, 4.69) is 15.4 Å². The zero-order valence-corrected chi connectivity index (χ0v) is 14.6. The van der Waals surface area contributed by atoms with Crippen LogP contribution in [0.3, 0.4) is 0 Å². The predicted octanol–water partition coefficient (Wildman–Crippen LogP) is 0.867. The molecule has 0 aliphatic carbocycles. The van der Waals surface area contributed by atoms with Crippen LogP contribution in [0.2, 0.25) is 0 Å².